The second kappa shape index (κ2) is 8.42. The molecule has 0 saturated heterocycles. The quantitative estimate of drug-likeness (QED) is 0.817. The Labute approximate surface area is 148 Å². The number of anilines is 1. The Bertz CT molecular complexity index is 718. The van der Waals surface area contributed by atoms with Crippen molar-refractivity contribution in [2.75, 3.05) is 31.2 Å². The van der Waals surface area contributed by atoms with Gasteiger partial charge in [0.1, 0.15) is 18.1 Å². The highest BCUT2D eigenvalue weighted by Crippen LogP contribution is 2.26. The molecule has 5 nitrogen and oxygen atoms in total. The van der Waals surface area contributed by atoms with Crippen molar-refractivity contribution in [1.82, 2.24) is 5.32 Å². The summed E-state index contributed by atoms with van der Waals surface area (Å²) in [6.45, 7) is 4.19. The van der Waals surface area contributed by atoms with E-state index in [1.807, 2.05) is 54.3 Å². The second-order valence-electron chi connectivity index (χ2n) is 5.87. The number of ether oxygens (including phenoxy) is 2. The van der Waals surface area contributed by atoms with Crippen LogP contribution >= 0.6 is 0 Å². The van der Waals surface area contributed by atoms with Crippen LogP contribution in [0.2, 0.25) is 0 Å². The van der Waals surface area contributed by atoms with Crippen molar-refractivity contribution in [2.45, 2.75) is 19.8 Å². The number of urea groups is 1. The Kier molecular flexibility index (Phi) is 5.77. The van der Waals surface area contributed by atoms with Gasteiger partial charge < -0.3 is 14.8 Å². The van der Waals surface area contributed by atoms with Crippen molar-refractivity contribution in [1.29, 1.82) is 0 Å². The Morgan fingerprint density at radius 3 is 2.76 bits per heavy atom. The van der Waals surface area contributed by atoms with Gasteiger partial charge >= 0.3 is 6.03 Å². The third-order valence-corrected chi connectivity index (χ3v) is 4.12. The summed E-state index contributed by atoms with van der Waals surface area (Å²) in [4.78, 5) is 14.3. The van der Waals surface area contributed by atoms with Gasteiger partial charge in [0.25, 0.3) is 0 Å². The first-order valence-corrected chi connectivity index (χ1v) is 8.77. The summed E-state index contributed by atoms with van der Waals surface area (Å²) in [6, 6.07) is 15.5. The number of nitrogens with one attached hydrogen (secondary N) is 1. The fraction of sp³-hybridized carbons (Fsp3) is 0.350. The highest BCUT2D eigenvalue weighted by molar-refractivity contribution is 5.93. The van der Waals surface area contributed by atoms with Crippen LogP contribution in [0.3, 0.4) is 0 Å². The molecule has 1 heterocycles. The first kappa shape index (κ1) is 17.1. The zero-order valence-electron chi connectivity index (χ0n) is 14.5. The minimum absolute atomic E-state index is 0.0705. The zero-order valence-corrected chi connectivity index (χ0v) is 14.5. The molecule has 0 aromatic heterocycles. The van der Waals surface area contributed by atoms with Gasteiger partial charge in [-0.05, 0) is 43.5 Å². The number of amides is 2. The van der Waals surface area contributed by atoms with Crippen LogP contribution in [0.15, 0.2) is 48.5 Å². The number of aryl methyl sites for hydroxylation is 1. The van der Waals surface area contributed by atoms with Crippen molar-refractivity contribution in [3.63, 3.8) is 0 Å². The molecule has 0 unspecified atom stereocenters. The normalized spacial score (nSPS) is 13.1. The Morgan fingerprint density at radius 1 is 1.12 bits per heavy atom. The van der Waals surface area contributed by atoms with Crippen LogP contribution in [0.1, 0.15) is 18.9 Å². The molecule has 5 heteroatoms. The Balaban J connectivity index is 1.48. The van der Waals surface area contributed by atoms with Gasteiger partial charge in [-0.25, -0.2) is 4.79 Å². The van der Waals surface area contributed by atoms with Crippen LogP contribution in [-0.4, -0.2) is 32.3 Å². The molecule has 132 valence electrons. The maximum atomic E-state index is 12.5. The molecule has 0 spiro atoms. The van der Waals surface area contributed by atoms with Gasteiger partial charge in [0.05, 0.1) is 13.2 Å². The first-order valence-electron chi connectivity index (χ1n) is 8.77. The largest absolute Gasteiger partial charge is 0.494 e. The topological polar surface area (TPSA) is 50.8 Å². The summed E-state index contributed by atoms with van der Waals surface area (Å²) in [5.41, 5.74) is 2.24. The lowest BCUT2D eigenvalue weighted by Gasteiger charge is -2.29. The summed E-state index contributed by atoms with van der Waals surface area (Å²) in [6.07, 6.45) is 2.02. The number of hydrogen-bond acceptors (Lipinski definition) is 3. The van der Waals surface area contributed by atoms with Crippen molar-refractivity contribution >= 4 is 11.7 Å². The lowest BCUT2D eigenvalue weighted by atomic mass is 10.0. The van der Waals surface area contributed by atoms with Crippen LogP contribution < -0.4 is 19.7 Å². The minimum Gasteiger partial charge on any atom is -0.494 e. The molecule has 0 atom stereocenters. The van der Waals surface area contributed by atoms with Crippen LogP contribution in [0.25, 0.3) is 0 Å². The molecule has 25 heavy (non-hydrogen) atoms. The summed E-state index contributed by atoms with van der Waals surface area (Å²) in [5.74, 6) is 1.53. The summed E-state index contributed by atoms with van der Waals surface area (Å²) >= 11 is 0. The number of fused-ring (bicyclic) bond motifs is 1. The molecule has 2 aromatic rings. The zero-order chi connectivity index (χ0) is 17.5. The summed E-state index contributed by atoms with van der Waals surface area (Å²) in [5, 5.41) is 2.93. The second-order valence-corrected chi connectivity index (χ2v) is 5.87. The van der Waals surface area contributed by atoms with E-state index in [0.717, 1.165) is 36.6 Å². The minimum atomic E-state index is -0.0705. The van der Waals surface area contributed by atoms with Crippen LogP contribution in [0.5, 0.6) is 11.5 Å². The van der Waals surface area contributed by atoms with Crippen LogP contribution in [-0.2, 0) is 6.42 Å². The van der Waals surface area contributed by atoms with E-state index in [2.05, 4.69) is 11.4 Å². The molecule has 0 bridgehead atoms. The highest BCUT2D eigenvalue weighted by atomic mass is 16.5. The Morgan fingerprint density at radius 2 is 1.92 bits per heavy atom. The average Bonchev–Trinajstić information content (AvgIpc) is 2.65. The average molecular weight is 340 g/mol. The number of benzene rings is 2. The smallest absolute Gasteiger partial charge is 0.321 e. The molecule has 0 aliphatic carbocycles. The van der Waals surface area contributed by atoms with E-state index >= 15 is 0 Å². The number of hydrogen-bond donors (Lipinski definition) is 1. The van der Waals surface area contributed by atoms with Crippen molar-refractivity contribution < 1.29 is 14.3 Å². The van der Waals surface area contributed by atoms with Gasteiger partial charge in [-0.15, -0.1) is 0 Å². The van der Waals surface area contributed by atoms with Crippen molar-refractivity contribution in [3.8, 4) is 11.5 Å². The van der Waals surface area contributed by atoms with Crippen molar-refractivity contribution in [3.05, 3.63) is 54.1 Å². The molecule has 0 fully saturated rings. The fourth-order valence-electron chi connectivity index (χ4n) is 2.99. The van der Waals surface area contributed by atoms with E-state index < -0.39 is 0 Å². The monoisotopic (exact) mass is 340 g/mol. The molecule has 0 saturated carbocycles. The Hall–Kier alpha value is -2.69. The van der Waals surface area contributed by atoms with E-state index in [0.29, 0.717) is 19.8 Å². The number of nitrogens with zero attached hydrogens (tertiary/aromatic N) is 1. The maximum absolute atomic E-state index is 12.5. The lowest BCUT2D eigenvalue weighted by molar-refractivity contribution is 0.241. The maximum Gasteiger partial charge on any atom is 0.321 e. The third kappa shape index (κ3) is 4.44. The lowest BCUT2D eigenvalue weighted by Crippen LogP contribution is -2.44. The molecule has 0 radical (unpaired) electrons. The van der Waals surface area contributed by atoms with Gasteiger partial charge in [-0.3, -0.25) is 4.90 Å². The van der Waals surface area contributed by atoms with E-state index in [4.69, 9.17) is 9.47 Å². The standard InChI is InChI=1S/C20H24N2O3/c1-2-24-17-9-5-10-18(15-17)25-14-12-21-20(23)22-13-6-8-16-7-3-4-11-19(16)22/h3-5,7,9-11,15H,2,6,8,12-14H2,1H3,(H,21,23). The van der Waals surface area contributed by atoms with E-state index in [1.165, 1.54) is 5.56 Å². The fourth-order valence-corrected chi connectivity index (χ4v) is 2.99. The molecule has 2 aromatic carbocycles. The van der Waals surface area contributed by atoms with E-state index in [-0.39, 0.29) is 6.03 Å². The van der Waals surface area contributed by atoms with Gasteiger partial charge in [-0.1, -0.05) is 24.3 Å². The van der Waals surface area contributed by atoms with Gasteiger partial charge in [0.15, 0.2) is 0 Å². The summed E-state index contributed by atoms with van der Waals surface area (Å²) in [7, 11) is 0. The number of carbonyl (C=O) groups excluding carboxylic acids is 1. The van der Waals surface area contributed by atoms with Crippen molar-refractivity contribution in [2.24, 2.45) is 0 Å². The van der Waals surface area contributed by atoms with Gasteiger partial charge in [0.2, 0.25) is 0 Å². The summed E-state index contributed by atoms with van der Waals surface area (Å²) < 4.78 is 11.1. The number of para-hydroxylation sites is 1. The number of carbonyl (C=O) groups is 1. The SMILES string of the molecule is CCOc1cccc(OCCNC(=O)N2CCCc3ccccc32)c1. The predicted octanol–water partition coefficient (Wildman–Crippen LogP) is 3.63. The molecule has 3 rings (SSSR count). The van der Waals surface area contributed by atoms with Gasteiger partial charge in [-0.2, -0.15) is 0 Å². The van der Waals surface area contributed by atoms with Gasteiger partial charge in [0, 0.05) is 18.3 Å². The molecule has 1 N–H and O–H groups in total. The highest BCUT2D eigenvalue weighted by Gasteiger charge is 2.21. The number of rotatable bonds is 6. The third-order valence-electron chi connectivity index (χ3n) is 4.12. The molecule has 1 aliphatic rings. The molecular formula is C20H24N2O3. The van der Waals surface area contributed by atoms with Crippen LogP contribution in [0.4, 0.5) is 10.5 Å². The predicted molar refractivity (Wildman–Crippen MR) is 98.6 cm³/mol. The van der Waals surface area contributed by atoms with E-state index in [1.54, 1.807) is 0 Å². The molecule has 2 amide bonds. The molecular weight excluding hydrogens is 316 g/mol. The molecule has 1 aliphatic heterocycles. The first-order chi connectivity index (χ1) is 12.3. The van der Waals surface area contributed by atoms with Crippen LogP contribution in [0, 0.1) is 0 Å². The van der Waals surface area contributed by atoms with E-state index in [9.17, 15) is 4.79 Å².